The Morgan fingerprint density at radius 1 is 0.880 bits per heavy atom. The van der Waals surface area contributed by atoms with Gasteiger partial charge in [-0.1, -0.05) is 78.4 Å². The van der Waals surface area contributed by atoms with E-state index in [-0.39, 0.29) is 42.1 Å². The van der Waals surface area contributed by atoms with Crippen molar-refractivity contribution in [3.63, 3.8) is 0 Å². The zero-order chi connectivity index (χ0) is 34.1. The van der Waals surface area contributed by atoms with Gasteiger partial charge in [-0.15, -0.1) is 11.3 Å². The Morgan fingerprint density at radius 2 is 1.66 bits per heavy atom. The standard InChI is InChI=1S/C42H33NO6S/c44-28-13-16-35-25(19-28)18-26(23-49-35)38-30-14-15-31-37(41(48)43(40(31)47)22-29-12-7-17-50-29)33(30)20-34-39(46)32(24-8-3-1-4-9-24)21-36(45)42(34,38)27-10-5-2-6-11-27/h1-14,16-17,19,21,23,31,33-34,37-38,44H,15,18,20,22H2/t31-,33+,34-,37-,38-,42-/m0/s1. The summed E-state index contributed by atoms with van der Waals surface area (Å²) in [5, 5.41) is 12.3. The minimum absolute atomic E-state index is 0.103. The van der Waals surface area contributed by atoms with Crippen molar-refractivity contribution in [3.05, 3.63) is 148 Å². The summed E-state index contributed by atoms with van der Waals surface area (Å²) in [4.78, 5) is 60.9. The number of allylic oxidation sites excluding steroid dienone is 5. The Kier molecular flexibility index (Phi) is 7.14. The molecule has 0 spiro atoms. The van der Waals surface area contributed by atoms with Crippen molar-refractivity contribution in [2.75, 3.05) is 0 Å². The Balaban J connectivity index is 1.24. The van der Waals surface area contributed by atoms with Crippen LogP contribution in [0.4, 0.5) is 0 Å². The number of rotatable bonds is 5. The minimum atomic E-state index is -1.32. The summed E-state index contributed by atoms with van der Waals surface area (Å²) >= 11 is 1.51. The number of benzene rings is 3. The molecule has 1 saturated carbocycles. The Morgan fingerprint density at radius 3 is 2.42 bits per heavy atom. The first kappa shape index (κ1) is 30.7. The first-order valence-electron chi connectivity index (χ1n) is 17.0. The second-order valence-corrected chi connectivity index (χ2v) is 14.9. The summed E-state index contributed by atoms with van der Waals surface area (Å²) in [6.07, 6.45) is 6.29. The molecule has 2 fully saturated rings. The number of imide groups is 1. The Labute approximate surface area is 293 Å². The van der Waals surface area contributed by atoms with Crippen LogP contribution in [0.15, 0.2) is 126 Å². The van der Waals surface area contributed by atoms with Crippen LogP contribution in [0, 0.1) is 29.6 Å². The van der Waals surface area contributed by atoms with E-state index in [1.165, 1.54) is 22.3 Å². The lowest BCUT2D eigenvalue weighted by Gasteiger charge is -2.56. The number of amides is 2. The topological polar surface area (TPSA) is 101 Å². The normalized spacial score (nSPS) is 28.4. The highest BCUT2D eigenvalue weighted by atomic mass is 32.1. The molecule has 1 aromatic heterocycles. The molecule has 5 aliphatic rings. The van der Waals surface area contributed by atoms with Gasteiger partial charge in [0.15, 0.2) is 11.6 Å². The number of phenols is 1. The highest BCUT2D eigenvalue weighted by molar-refractivity contribution is 7.09. The van der Waals surface area contributed by atoms with Gasteiger partial charge in [-0.05, 0) is 71.2 Å². The van der Waals surface area contributed by atoms with Crippen LogP contribution in [0.1, 0.15) is 34.4 Å². The average molecular weight is 680 g/mol. The van der Waals surface area contributed by atoms with E-state index in [4.69, 9.17) is 4.74 Å². The van der Waals surface area contributed by atoms with Gasteiger partial charge >= 0.3 is 0 Å². The average Bonchev–Trinajstić information content (AvgIpc) is 3.75. The van der Waals surface area contributed by atoms with Crippen molar-refractivity contribution in [2.24, 2.45) is 29.6 Å². The Hall–Kier alpha value is -5.34. The summed E-state index contributed by atoms with van der Waals surface area (Å²) < 4.78 is 6.20. The monoisotopic (exact) mass is 679 g/mol. The van der Waals surface area contributed by atoms with E-state index >= 15 is 9.59 Å². The van der Waals surface area contributed by atoms with Crippen LogP contribution in [-0.4, -0.2) is 33.4 Å². The largest absolute Gasteiger partial charge is 0.508 e. The molecule has 50 heavy (non-hydrogen) atoms. The molecule has 3 aliphatic carbocycles. The molecule has 7 nitrogen and oxygen atoms in total. The zero-order valence-corrected chi connectivity index (χ0v) is 27.8. The fourth-order valence-corrected chi connectivity index (χ4v) is 10.2. The highest BCUT2D eigenvalue weighted by Crippen LogP contribution is 2.63. The number of ketones is 2. The van der Waals surface area contributed by atoms with Gasteiger partial charge in [-0.25, -0.2) is 0 Å². The predicted octanol–water partition coefficient (Wildman–Crippen LogP) is 6.83. The zero-order valence-electron chi connectivity index (χ0n) is 27.0. The van der Waals surface area contributed by atoms with Crippen molar-refractivity contribution in [2.45, 2.75) is 31.2 Å². The van der Waals surface area contributed by atoms with Gasteiger partial charge in [0.25, 0.3) is 0 Å². The fourth-order valence-electron chi connectivity index (χ4n) is 9.47. The van der Waals surface area contributed by atoms with Gasteiger partial charge in [0.05, 0.1) is 30.1 Å². The van der Waals surface area contributed by atoms with Gasteiger partial charge < -0.3 is 9.84 Å². The molecule has 8 heteroatoms. The van der Waals surface area contributed by atoms with E-state index < -0.39 is 35.0 Å². The maximum Gasteiger partial charge on any atom is 0.234 e. The number of likely N-dealkylation sites (tertiary alicyclic amines) is 1. The van der Waals surface area contributed by atoms with Crippen molar-refractivity contribution in [3.8, 4) is 11.5 Å². The number of ether oxygens (including phenoxy) is 1. The van der Waals surface area contributed by atoms with E-state index in [1.54, 1.807) is 24.5 Å². The number of hydrogen-bond acceptors (Lipinski definition) is 7. The van der Waals surface area contributed by atoms with E-state index in [2.05, 4.69) is 6.08 Å². The second-order valence-electron chi connectivity index (χ2n) is 13.9. The summed E-state index contributed by atoms with van der Waals surface area (Å²) in [6.45, 7) is 0.225. The lowest BCUT2D eigenvalue weighted by Crippen LogP contribution is -2.60. The van der Waals surface area contributed by atoms with Crippen LogP contribution in [-0.2, 0) is 37.6 Å². The van der Waals surface area contributed by atoms with Gasteiger partial charge in [0, 0.05) is 34.3 Å². The summed E-state index contributed by atoms with van der Waals surface area (Å²) in [7, 11) is 0. The molecule has 0 bridgehead atoms. The summed E-state index contributed by atoms with van der Waals surface area (Å²) in [5.74, 6) is -3.07. The lowest BCUT2D eigenvalue weighted by molar-refractivity contribution is -0.141. The first-order valence-corrected chi connectivity index (χ1v) is 17.9. The third kappa shape index (κ3) is 4.47. The number of phenolic OH excluding ortho intramolecular Hbond substituents is 1. The molecule has 0 unspecified atom stereocenters. The van der Waals surface area contributed by atoms with Crippen LogP contribution < -0.4 is 4.74 Å². The van der Waals surface area contributed by atoms with E-state index in [1.807, 2.05) is 78.2 Å². The predicted molar refractivity (Wildman–Crippen MR) is 188 cm³/mol. The second kappa shape index (κ2) is 11.6. The molecular weight excluding hydrogens is 647 g/mol. The number of nitrogens with zero attached hydrogens (tertiary/aromatic N) is 1. The van der Waals surface area contributed by atoms with Crippen LogP contribution >= 0.6 is 11.3 Å². The summed E-state index contributed by atoms with van der Waals surface area (Å²) in [6, 6.07) is 27.6. The van der Waals surface area contributed by atoms with E-state index in [0.29, 0.717) is 29.7 Å². The Bertz CT molecular complexity index is 2170. The first-order chi connectivity index (χ1) is 24.4. The van der Waals surface area contributed by atoms with E-state index in [9.17, 15) is 14.7 Å². The molecule has 1 saturated heterocycles. The highest BCUT2D eigenvalue weighted by Gasteiger charge is 2.66. The van der Waals surface area contributed by atoms with Crippen LogP contribution in [0.2, 0.25) is 0 Å². The van der Waals surface area contributed by atoms with Gasteiger partial charge in [-0.3, -0.25) is 24.1 Å². The molecule has 1 N–H and O–H groups in total. The van der Waals surface area contributed by atoms with Crippen LogP contribution in [0.25, 0.3) is 5.57 Å². The number of aromatic hydroxyl groups is 1. The van der Waals surface area contributed by atoms with Crippen molar-refractivity contribution in [1.29, 1.82) is 0 Å². The molecule has 4 aromatic rings. The third-order valence-corrected chi connectivity index (χ3v) is 12.4. The quantitative estimate of drug-likeness (QED) is 0.183. The van der Waals surface area contributed by atoms with Gasteiger partial charge in [-0.2, -0.15) is 0 Å². The number of thiophene rings is 1. The number of hydrogen-bond donors (Lipinski definition) is 1. The third-order valence-electron chi connectivity index (χ3n) is 11.5. The number of Topliss-reactive ketones (excluding diaryl/α,β-unsaturated/α-hetero) is 1. The molecule has 9 rings (SSSR count). The molecule has 2 aliphatic heterocycles. The molecule has 248 valence electrons. The van der Waals surface area contributed by atoms with Crippen molar-refractivity contribution < 1.29 is 29.0 Å². The SMILES string of the molecule is O=C1C(c2ccccc2)=CC(=O)[C@@]2(c3ccccc3)[C@@H](C3=COc4ccc(O)cc4C3)C3=CC[C@@H]4C(=O)N(Cc5cccs5)C(=O)[C@@H]4[C@@H]3C[C@@H]12. The molecule has 2 amide bonds. The van der Waals surface area contributed by atoms with Crippen LogP contribution in [0.5, 0.6) is 11.5 Å². The molecule has 3 aromatic carbocycles. The fraction of sp³-hybridized carbons (Fsp3) is 0.238. The van der Waals surface area contributed by atoms with Crippen LogP contribution in [0.3, 0.4) is 0 Å². The summed E-state index contributed by atoms with van der Waals surface area (Å²) in [5.41, 5.74) is 2.90. The molecule has 3 heterocycles. The van der Waals surface area contributed by atoms with Crippen molar-refractivity contribution in [1.82, 2.24) is 4.90 Å². The minimum Gasteiger partial charge on any atom is -0.508 e. The molecular formula is C42H33NO6S. The number of carbonyl (C=O) groups is 4. The lowest BCUT2D eigenvalue weighted by atomic mass is 9.44. The maximum atomic E-state index is 15.2. The molecule has 0 radical (unpaired) electrons. The van der Waals surface area contributed by atoms with Gasteiger partial charge in [0.2, 0.25) is 11.8 Å². The maximum absolute atomic E-state index is 15.2. The smallest absolute Gasteiger partial charge is 0.234 e. The van der Waals surface area contributed by atoms with E-state index in [0.717, 1.165) is 27.2 Å². The molecule has 6 atom stereocenters. The number of fused-ring (bicyclic) bond motifs is 5. The number of carbonyl (C=O) groups excluding carboxylic acids is 4. The van der Waals surface area contributed by atoms with Crippen molar-refractivity contribution >= 4 is 40.3 Å². The van der Waals surface area contributed by atoms with Gasteiger partial charge in [0.1, 0.15) is 11.5 Å².